The number of carbonyl (C=O) groups excluding carboxylic acids is 3. The van der Waals surface area contributed by atoms with Crippen molar-refractivity contribution < 1.29 is 168 Å². The maximum atomic E-state index is 13.0. The minimum atomic E-state index is -3.19. The molecule has 6 aliphatic heterocycles. The number of ether oxygens (including phenoxy) is 11. The smallest absolute Gasteiger partial charge is 0.364 e. The van der Waals surface area contributed by atoms with Gasteiger partial charge >= 0.3 is 5.97 Å². The van der Waals surface area contributed by atoms with Crippen molar-refractivity contribution in [3.63, 3.8) is 0 Å². The quantitative estimate of drug-likeness (QED) is 0.0479. The van der Waals surface area contributed by atoms with Gasteiger partial charge in [0.15, 0.2) is 31.5 Å². The van der Waals surface area contributed by atoms with Crippen LogP contribution in [0.4, 0.5) is 0 Å². The second kappa shape index (κ2) is 28.9. The van der Waals surface area contributed by atoms with E-state index in [1.807, 2.05) is 0 Å². The number of carboxylic acids is 1. The van der Waals surface area contributed by atoms with Crippen molar-refractivity contribution in [2.75, 3.05) is 39.6 Å². The molecule has 0 spiro atoms. The number of aliphatic hydroxyl groups is 18. The van der Waals surface area contributed by atoms with Crippen molar-refractivity contribution in [2.24, 2.45) is 0 Å². The molecule has 37 nitrogen and oxygen atoms in total. The van der Waals surface area contributed by atoms with Crippen LogP contribution in [0.3, 0.4) is 0 Å². The molecule has 6 rings (SSSR count). The number of aliphatic carboxylic acids is 1. The molecule has 0 saturated carbocycles. The van der Waals surface area contributed by atoms with E-state index in [4.69, 9.17) is 52.1 Å². The molecule has 37 heteroatoms. The Kier molecular flexibility index (Phi) is 23.9. The van der Waals surface area contributed by atoms with E-state index in [-0.39, 0.29) is 0 Å². The summed E-state index contributed by atoms with van der Waals surface area (Å²) < 4.78 is 62.6. The first-order chi connectivity index (χ1) is 38.6. The Bertz CT molecular complexity index is 2090. The first-order valence-electron chi connectivity index (χ1n) is 25.7. The van der Waals surface area contributed by atoms with E-state index in [9.17, 15) is 116 Å². The minimum Gasteiger partial charge on any atom is -0.477 e. The van der Waals surface area contributed by atoms with Crippen molar-refractivity contribution in [2.45, 2.75) is 217 Å². The SMILES string of the molecule is CC(=O)N[C@H]1[C@H](OC[C@H]2O[C@H](O[C@H]3[C@@H](O)[C@@H](CO)O[C@@H](O[C@H]4[C@H](O)[C@@H](O)[C@H](O)O[C@@H]4CO)[C@@H]3O)[C@H](NC(C)=O)[C@@H](O)[C@H]2O)O[C@H](CO)[C@@H](O[C@@H]2O[C@H](CO)[C@H](O)[C@H](O[C@]3(C(=O)O)C[C@H](O)[C@@H](NC(C)=O)[C@H]([C@H](O)[C@H](O)CO)O3)[C@H]2O)[C@@H]1O. The van der Waals surface area contributed by atoms with Gasteiger partial charge in [-0.25, -0.2) is 4.79 Å². The Morgan fingerprint density at radius 1 is 0.500 bits per heavy atom. The summed E-state index contributed by atoms with van der Waals surface area (Å²) in [5.74, 6) is -7.81. The largest absolute Gasteiger partial charge is 0.477 e. The normalized spacial score (nSPS) is 46.3. The Labute approximate surface area is 463 Å². The molecular weight excluding hydrogens is 1130 g/mol. The second-order valence-electron chi connectivity index (χ2n) is 20.4. The summed E-state index contributed by atoms with van der Waals surface area (Å²) in [6.07, 6.45) is -55.2. The molecule has 0 bridgehead atoms. The maximum Gasteiger partial charge on any atom is 0.364 e. The molecule has 6 aliphatic rings. The third kappa shape index (κ3) is 14.7. The van der Waals surface area contributed by atoms with Crippen LogP contribution in [-0.4, -0.2) is 350 Å². The van der Waals surface area contributed by atoms with Crippen LogP contribution in [0.2, 0.25) is 0 Å². The molecule has 474 valence electrons. The van der Waals surface area contributed by atoms with Crippen LogP contribution < -0.4 is 16.0 Å². The van der Waals surface area contributed by atoms with Crippen molar-refractivity contribution in [3.8, 4) is 0 Å². The van der Waals surface area contributed by atoms with Crippen molar-refractivity contribution in [1.82, 2.24) is 16.0 Å². The third-order valence-electron chi connectivity index (χ3n) is 14.6. The Morgan fingerprint density at radius 2 is 0.951 bits per heavy atom. The average molecular weight is 1200 g/mol. The van der Waals surface area contributed by atoms with E-state index in [1.165, 1.54) is 0 Å². The van der Waals surface area contributed by atoms with Gasteiger partial charge < -0.3 is 165 Å². The zero-order valence-corrected chi connectivity index (χ0v) is 43.9. The van der Waals surface area contributed by atoms with Crippen molar-refractivity contribution >= 4 is 23.7 Å². The lowest BCUT2D eigenvalue weighted by Gasteiger charge is -2.51. The van der Waals surface area contributed by atoms with Gasteiger partial charge in [-0.3, -0.25) is 14.4 Å². The summed E-state index contributed by atoms with van der Waals surface area (Å²) in [6.45, 7) is -3.23. The fourth-order valence-corrected chi connectivity index (χ4v) is 10.3. The van der Waals surface area contributed by atoms with E-state index in [0.717, 1.165) is 20.8 Å². The molecule has 0 aromatic carbocycles. The Balaban J connectivity index is 1.21. The highest BCUT2D eigenvalue weighted by atomic mass is 16.8. The molecule has 3 amide bonds. The van der Waals surface area contributed by atoms with Gasteiger partial charge in [-0.05, 0) is 0 Å². The van der Waals surface area contributed by atoms with Crippen molar-refractivity contribution in [1.29, 1.82) is 0 Å². The first kappa shape index (κ1) is 67.8. The Morgan fingerprint density at radius 3 is 1.46 bits per heavy atom. The van der Waals surface area contributed by atoms with Crippen LogP contribution in [0.1, 0.15) is 27.2 Å². The van der Waals surface area contributed by atoms with Gasteiger partial charge in [-0.15, -0.1) is 0 Å². The average Bonchev–Trinajstić information content (AvgIpc) is 2.01. The van der Waals surface area contributed by atoms with Gasteiger partial charge in [0.05, 0.1) is 51.8 Å². The minimum absolute atomic E-state index is 0.825. The highest BCUT2D eigenvalue weighted by Gasteiger charge is 2.61. The zero-order chi connectivity index (χ0) is 61.0. The highest BCUT2D eigenvalue weighted by Crippen LogP contribution is 2.39. The van der Waals surface area contributed by atoms with E-state index >= 15 is 0 Å². The van der Waals surface area contributed by atoms with E-state index < -0.39 is 259 Å². The third-order valence-corrected chi connectivity index (χ3v) is 14.6. The molecule has 22 N–H and O–H groups in total. The van der Waals surface area contributed by atoms with Gasteiger partial charge in [-0.2, -0.15) is 0 Å². The van der Waals surface area contributed by atoms with Crippen molar-refractivity contribution in [3.05, 3.63) is 0 Å². The van der Waals surface area contributed by atoms with Crippen LogP contribution >= 0.6 is 0 Å². The number of hydrogen-bond donors (Lipinski definition) is 22. The van der Waals surface area contributed by atoms with Gasteiger partial charge in [0.25, 0.3) is 5.79 Å². The number of nitrogens with one attached hydrogen (secondary N) is 3. The summed E-state index contributed by atoms with van der Waals surface area (Å²) >= 11 is 0. The van der Waals surface area contributed by atoms with Crippen LogP contribution in [0.25, 0.3) is 0 Å². The summed E-state index contributed by atoms with van der Waals surface area (Å²) in [7, 11) is 0. The molecule has 0 aromatic heterocycles. The van der Waals surface area contributed by atoms with Gasteiger partial charge in [0.2, 0.25) is 17.7 Å². The zero-order valence-electron chi connectivity index (χ0n) is 43.9. The number of aliphatic hydroxyl groups excluding tert-OH is 18. The fraction of sp³-hybridized carbons (Fsp3) is 0.911. The summed E-state index contributed by atoms with van der Waals surface area (Å²) in [5, 5.41) is 211. The van der Waals surface area contributed by atoms with Crippen LogP contribution in [0.5, 0.6) is 0 Å². The van der Waals surface area contributed by atoms with E-state index in [1.54, 1.807) is 0 Å². The monoisotopic (exact) mass is 1200 g/mol. The lowest BCUT2D eigenvalue weighted by molar-refractivity contribution is -0.384. The summed E-state index contributed by atoms with van der Waals surface area (Å²) in [6, 6.07) is -5.19. The predicted molar refractivity (Wildman–Crippen MR) is 251 cm³/mol. The number of carboxylic acid groups (broad SMARTS) is 1. The highest BCUT2D eigenvalue weighted by molar-refractivity contribution is 5.77. The summed E-state index contributed by atoms with van der Waals surface area (Å²) in [4.78, 5) is 50.1. The van der Waals surface area contributed by atoms with Gasteiger partial charge in [0, 0.05) is 27.2 Å². The van der Waals surface area contributed by atoms with Gasteiger partial charge in [-0.1, -0.05) is 0 Å². The fourth-order valence-electron chi connectivity index (χ4n) is 10.3. The molecule has 82 heavy (non-hydrogen) atoms. The Hall–Kier alpha value is -3.28. The lowest BCUT2D eigenvalue weighted by Crippen LogP contribution is -2.71. The van der Waals surface area contributed by atoms with E-state index in [0.29, 0.717) is 0 Å². The predicted octanol–water partition coefficient (Wildman–Crippen LogP) is -14.5. The molecule has 0 unspecified atom stereocenters. The maximum absolute atomic E-state index is 13.0. The lowest BCUT2D eigenvalue weighted by atomic mass is 9.88. The van der Waals surface area contributed by atoms with Crippen LogP contribution in [0.15, 0.2) is 0 Å². The summed E-state index contributed by atoms with van der Waals surface area (Å²) in [5.41, 5.74) is 0. The van der Waals surface area contributed by atoms with Gasteiger partial charge in [0.1, 0.15) is 140 Å². The standard InChI is InChI=1S/C45H75N3O34/c1-11(54)46-21-14(57)4-45(44(70)71,81-36(21)24(59)15(58)5-49)82-38-27(62)17(7-51)75-43(33(38)68)78-34-19(9-53)76-40(23(29(34)64)48-13(3)56)72-10-20-25(60)28(63)22(47-12(2)55)41(77-20)80-37-26(61)16(6-50)74-42(32(37)67)79-35-18(8-52)73-39(69)31(66)30(35)65/h14-43,49-53,57-69H,4-10H2,1-3H3,(H,46,54)(H,47,55)(H,48,56)(H,70,71)/t14-,15+,16+,17+,18+,19+,20+,21+,22+,23+,24+,25-,26-,27-,28+,29+,30+,31+,32+,33+,34+,35+,36+,37-,38-,39+,40+,41+,42-,43-,45-/m0/s1. The number of hydrogen-bond acceptors (Lipinski definition) is 33. The van der Waals surface area contributed by atoms with Crippen LogP contribution in [0, 0.1) is 0 Å². The second-order valence-corrected chi connectivity index (χ2v) is 20.4. The molecule has 6 heterocycles. The topological polar surface area (TPSA) is 590 Å². The number of amides is 3. The number of rotatable bonds is 22. The molecule has 31 atom stereocenters. The molecule has 6 saturated heterocycles. The molecule has 0 radical (unpaired) electrons. The first-order valence-corrected chi connectivity index (χ1v) is 25.7. The molecule has 6 fully saturated rings. The molecule has 0 aromatic rings. The van der Waals surface area contributed by atoms with Crippen LogP contribution in [-0.2, 0) is 71.3 Å². The number of carbonyl (C=O) groups is 4. The molecule has 0 aliphatic carbocycles. The van der Waals surface area contributed by atoms with E-state index in [2.05, 4.69) is 16.0 Å². The molecular formula is C45H75N3O34.